The number of hydrogen-bond donors (Lipinski definition) is 1. The van der Waals surface area contributed by atoms with E-state index in [2.05, 4.69) is 4.90 Å². The monoisotopic (exact) mass is 239 g/mol. The summed E-state index contributed by atoms with van der Waals surface area (Å²) in [5, 5.41) is 9.72. The highest BCUT2D eigenvalue weighted by molar-refractivity contribution is 4.92. The van der Waals surface area contributed by atoms with Crippen LogP contribution in [0, 0.1) is 17.3 Å². The van der Waals surface area contributed by atoms with Crippen molar-refractivity contribution in [2.24, 2.45) is 17.3 Å². The highest BCUT2D eigenvalue weighted by Crippen LogP contribution is 2.40. The first-order valence-corrected chi connectivity index (χ1v) is 7.22. The van der Waals surface area contributed by atoms with Gasteiger partial charge in [0, 0.05) is 38.3 Å². The van der Waals surface area contributed by atoms with Crippen molar-refractivity contribution < 1.29 is 9.84 Å². The van der Waals surface area contributed by atoms with E-state index in [0.29, 0.717) is 6.61 Å². The zero-order valence-corrected chi connectivity index (χ0v) is 10.7. The topological polar surface area (TPSA) is 32.7 Å². The average molecular weight is 239 g/mol. The molecule has 3 fully saturated rings. The van der Waals surface area contributed by atoms with Gasteiger partial charge in [-0.3, -0.25) is 0 Å². The molecule has 0 aromatic heterocycles. The molecule has 0 bridgehead atoms. The first kappa shape index (κ1) is 11.9. The Morgan fingerprint density at radius 3 is 2.35 bits per heavy atom. The van der Waals surface area contributed by atoms with Crippen molar-refractivity contribution in [1.82, 2.24) is 4.90 Å². The lowest BCUT2D eigenvalue weighted by Crippen LogP contribution is -2.43. The van der Waals surface area contributed by atoms with Gasteiger partial charge in [0.05, 0.1) is 6.61 Å². The molecule has 2 aliphatic heterocycles. The molecule has 0 spiro atoms. The zero-order valence-electron chi connectivity index (χ0n) is 10.7. The third kappa shape index (κ3) is 2.38. The van der Waals surface area contributed by atoms with Crippen molar-refractivity contribution in [2.45, 2.75) is 32.1 Å². The summed E-state index contributed by atoms with van der Waals surface area (Å²) in [5.74, 6) is 1.93. The Kier molecular flexibility index (Phi) is 3.42. The fraction of sp³-hybridized carbons (Fsp3) is 1.00. The quantitative estimate of drug-likeness (QED) is 0.810. The maximum atomic E-state index is 9.72. The number of aliphatic hydroxyl groups is 1. The Morgan fingerprint density at radius 1 is 1.12 bits per heavy atom. The summed E-state index contributed by atoms with van der Waals surface area (Å²) in [7, 11) is 0. The van der Waals surface area contributed by atoms with Crippen LogP contribution in [0.25, 0.3) is 0 Å². The minimum atomic E-state index is 0.136. The van der Waals surface area contributed by atoms with Gasteiger partial charge in [-0.05, 0) is 37.5 Å². The number of nitrogens with zero attached hydrogens (tertiary/aromatic N) is 1. The molecule has 1 N–H and O–H groups in total. The minimum absolute atomic E-state index is 0.136. The summed E-state index contributed by atoms with van der Waals surface area (Å²) in [6.07, 6.45) is 6.40. The van der Waals surface area contributed by atoms with Crippen LogP contribution in [0.5, 0.6) is 0 Å². The van der Waals surface area contributed by atoms with Crippen molar-refractivity contribution in [3.05, 3.63) is 0 Å². The lowest BCUT2D eigenvalue weighted by Gasteiger charge is -2.38. The number of likely N-dealkylation sites (tertiary alicyclic amines) is 1. The minimum Gasteiger partial charge on any atom is -0.396 e. The van der Waals surface area contributed by atoms with Gasteiger partial charge >= 0.3 is 0 Å². The lowest BCUT2D eigenvalue weighted by atomic mass is 9.80. The predicted molar refractivity (Wildman–Crippen MR) is 66.8 cm³/mol. The van der Waals surface area contributed by atoms with Crippen molar-refractivity contribution >= 4 is 0 Å². The van der Waals surface area contributed by atoms with Crippen LogP contribution in [0.3, 0.4) is 0 Å². The van der Waals surface area contributed by atoms with E-state index in [4.69, 9.17) is 4.74 Å². The van der Waals surface area contributed by atoms with Crippen molar-refractivity contribution in [3.63, 3.8) is 0 Å². The van der Waals surface area contributed by atoms with E-state index in [9.17, 15) is 5.11 Å². The first-order chi connectivity index (χ1) is 8.31. The molecule has 3 aliphatic rings. The maximum Gasteiger partial charge on any atom is 0.0501 e. The van der Waals surface area contributed by atoms with Crippen LogP contribution in [-0.4, -0.2) is 49.5 Å². The summed E-state index contributed by atoms with van der Waals surface area (Å²) in [5.41, 5.74) is 0.136. The Morgan fingerprint density at radius 2 is 1.76 bits per heavy atom. The summed E-state index contributed by atoms with van der Waals surface area (Å²) >= 11 is 0. The highest BCUT2D eigenvalue weighted by atomic mass is 16.5. The second-order valence-corrected chi connectivity index (χ2v) is 6.42. The molecule has 2 heterocycles. The van der Waals surface area contributed by atoms with E-state index in [-0.39, 0.29) is 5.41 Å². The molecule has 2 saturated heterocycles. The molecule has 2 unspecified atom stereocenters. The van der Waals surface area contributed by atoms with Crippen LogP contribution >= 0.6 is 0 Å². The van der Waals surface area contributed by atoms with E-state index < -0.39 is 0 Å². The van der Waals surface area contributed by atoms with Gasteiger partial charge in [0.1, 0.15) is 0 Å². The number of fused-ring (bicyclic) bond motifs is 1. The Bertz CT molecular complexity index is 251. The summed E-state index contributed by atoms with van der Waals surface area (Å²) in [4.78, 5) is 2.62. The molecule has 3 nitrogen and oxygen atoms in total. The third-order valence-corrected chi connectivity index (χ3v) is 5.25. The zero-order chi connectivity index (χ0) is 11.7. The highest BCUT2D eigenvalue weighted by Gasteiger charge is 2.40. The Balaban J connectivity index is 1.58. The van der Waals surface area contributed by atoms with Gasteiger partial charge in [-0.1, -0.05) is 6.42 Å². The van der Waals surface area contributed by atoms with Gasteiger partial charge in [-0.15, -0.1) is 0 Å². The third-order valence-electron chi connectivity index (χ3n) is 5.25. The van der Waals surface area contributed by atoms with Gasteiger partial charge in [0.15, 0.2) is 0 Å². The molecule has 17 heavy (non-hydrogen) atoms. The van der Waals surface area contributed by atoms with Crippen LogP contribution in [0.2, 0.25) is 0 Å². The average Bonchev–Trinajstić information content (AvgIpc) is 2.91. The van der Waals surface area contributed by atoms with Gasteiger partial charge in [0.25, 0.3) is 0 Å². The summed E-state index contributed by atoms with van der Waals surface area (Å²) in [6.45, 7) is 5.67. The molecule has 98 valence electrons. The second kappa shape index (κ2) is 4.87. The largest absolute Gasteiger partial charge is 0.396 e. The van der Waals surface area contributed by atoms with Crippen molar-refractivity contribution in [2.75, 3.05) is 39.5 Å². The number of hydrogen-bond acceptors (Lipinski definition) is 3. The van der Waals surface area contributed by atoms with E-state index in [1.807, 2.05) is 0 Å². The Hall–Kier alpha value is -0.120. The predicted octanol–water partition coefficient (Wildman–Crippen LogP) is 1.51. The van der Waals surface area contributed by atoms with Crippen LogP contribution < -0.4 is 0 Å². The molecule has 0 amide bonds. The SMILES string of the molecule is OCC1(CN2CC3CCCC3C2)CCOCC1. The molecule has 0 aromatic rings. The van der Waals surface area contributed by atoms with Crippen LogP contribution in [0.1, 0.15) is 32.1 Å². The molecule has 0 radical (unpaired) electrons. The van der Waals surface area contributed by atoms with Gasteiger partial charge in [-0.25, -0.2) is 0 Å². The number of aliphatic hydroxyl groups excluding tert-OH is 1. The molecule has 3 rings (SSSR count). The van der Waals surface area contributed by atoms with E-state index in [0.717, 1.165) is 44.4 Å². The first-order valence-electron chi connectivity index (χ1n) is 7.22. The lowest BCUT2D eigenvalue weighted by molar-refractivity contribution is -0.0321. The molecule has 2 atom stereocenters. The van der Waals surface area contributed by atoms with Crippen molar-refractivity contribution in [1.29, 1.82) is 0 Å². The van der Waals surface area contributed by atoms with Crippen LogP contribution in [-0.2, 0) is 4.74 Å². The summed E-state index contributed by atoms with van der Waals surface area (Å²) in [6, 6.07) is 0. The van der Waals surface area contributed by atoms with Crippen LogP contribution in [0.15, 0.2) is 0 Å². The normalized spacial score (nSPS) is 37.2. The number of ether oxygens (including phenoxy) is 1. The molecule has 0 aromatic carbocycles. The standard InChI is InChI=1S/C14H25NO2/c16-11-14(4-6-17-7-5-14)10-15-8-12-2-1-3-13(12)9-15/h12-13,16H,1-11H2. The van der Waals surface area contributed by atoms with Gasteiger partial charge < -0.3 is 14.7 Å². The van der Waals surface area contributed by atoms with Gasteiger partial charge in [-0.2, -0.15) is 0 Å². The summed E-state index contributed by atoms with van der Waals surface area (Å²) < 4.78 is 5.44. The maximum absolute atomic E-state index is 9.72. The van der Waals surface area contributed by atoms with Gasteiger partial charge in [0.2, 0.25) is 0 Å². The molecule has 3 heteroatoms. The number of rotatable bonds is 3. The Labute approximate surface area is 104 Å². The van der Waals surface area contributed by atoms with E-state index in [1.165, 1.54) is 32.4 Å². The molecular formula is C14H25NO2. The smallest absolute Gasteiger partial charge is 0.0501 e. The van der Waals surface area contributed by atoms with Crippen molar-refractivity contribution in [3.8, 4) is 0 Å². The fourth-order valence-corrected chi connectivity index (χ4v) is 4.11. The fourth-order valence-electron chi connectivity index (χ4n) is 4.11. The second-order valence-electron chi connectivity index (χ2n) is 6.42. The molecular weight excluding hydrogens is 214 g/mol. The molecule has 1 aliphatic carbocycles. The van der Waals surface area contributed by atoms with E-state index >= 15 is 0 Å². The van der Waals surface area contributed by atoms with Crippen LogP contribution in [0.4, 0.5) is 0 Å². The molecule has 1 saturated carbocycles. The van der Waals surface area contributed by atoms with E-state index in [1.54, 1.807) is 0 Å².